The number of hydrogen-bond donors (Lipinski definition) is 2. The molecular formula is C14H18FNO4. The monoisotopic (exact) mass is 283 g/mol. The number of nitrogens with one attached hydrogen (secondary N) is 1. The first-order valence-electron chi connectivity index (χ1n) is 6.23. The Morgan fingerprint density at radius 1 is 1.45 bits per heavy atom. The van der Waals surface area contributed by atoms with Crippen LogP contribution >= 0.6 is 0 Å². The number of ether oxygens (including phenoxy) is 1. The van der Waals surface area contributed by atoms with E-state index in [1.807, 2.05) is 0 Å². The van der Waals surface area contributed by atoms with E-state index >= 15 is 0 Å². The molecule has 2 N–H and O–H groups in total. The average Bonchev–Trinajstić information content (AvgIpc) is 2.39. The summed E-state index contributed by atoms with van der Waals surface area (Å²) < 4.78 is 18.0. The number of carbonyl (C=O) groups excluding carboxylic acids is 1. The summed E-state index contributed by atoms with van der Waals surface area (Å²) in [5.41, 5.74) is 0.680. The molecular weight excluding hydrogens is 265 g/mol. The largest absolute Gasteiger partial charge is 0.479 e. The molecule has 0 aliphatic heterocycles. The molecule has 1 amide bonds. The fourth-order valence-corrected chi connectivity index (χ4v) is 1.75. The van der Waals surface area contributed by atoms with Gasteiger partial charge in [-0.2, -0.15) is 0 Å². The van der Waals surface area contributed by atoms with Gasteiger partial charge >= 0.3 is 5.97 Å². The molecule has 20 heavy (non-hydrogen) atoms. The van der Waals surface area contributed by atoms with Crippen molar-refractivity contribution in [3.63, 3.8) is 0 Å². The van der Waals surface area contributed by atoms with Gasteiger partial charge in [-0.05, 0) is 30.5 Å². The number of halogens is 1. The van der Waals surface area contributed by atoms with Crippen LogP contribution in [0.15, 0.2) is 18.2 Å². The highest BCUT2D eigenvalue weighted by molar-refractivity contribution is 5.84. The summed E-state index contributed by atoms with van der Waals surface area (Å²) in [5.74, 6) is -1.98. The summed E-state index contributed by atoms with van der Waals surface area (Å²) in [5, 5.41) is 11.6. The normalized spacial score (nSPS) is 11.9. The van der Waals surface area contributed by atoms with Gasteiger partial charge in [-0.3, -0.25) is 4.79 Å². The van der Waals surface area contributed by atoms with E-state index in [-0.39, 0.29) is 12.3 Å². The van der Waals surface area contributed by atoms with Crippen LogP contribution in [-0.2, 0) is 14.3 Å². The number of methoxy groups -OCH3 is 1. The Labute approximate surface area is 116 Å². The van der Waals surface area contributed by atoms with E-state index in [1.54, 1.807) is 0 Å². The predicted molar refractivity (Wildman–Crippen MR) is 70.8 cm³/mol. The highest BCUT2D eigenvalue weighted by atomic mass is 19.1. The predicted octanol–water partition coefficient (Wildman–Crippen LogP) is 1.80. The SMILES string of the molecule is COCCCC(=O)NC(C(=O)O)c1ccc(F)c(C)c1. The highest BCUT2D eigenvalue weighted by Crippen LogP contribution is 2.17. The number of carboxylic acids is 1. The van der Waals surface area contributed by atoms with Crippen LogP contribution in [0.4, 0.5) is 4.39 Å². The van der Waals surface area contributed by atoms with E-state index in [0.29, 0.717) is 24.2 Å². The molecule has 110 valence electrons. The summed E-state index contributed by atoms with van der Waals surface area (Å²) in [6.45, 7) is 1.97. The van der Waals surface area contributed by atoms with Gasteiger partial charge in [0.2, 0.25) is 5.91 Å². The van der Waals surface area contributed by atoms with Crippen LogP contribution in [0.5, 0.6) is 0 Å². The molecule has 0 saturated carbocycles. The number of amides is 1. The lowest BCUT2D eigenvalue weighted by molar-refractivity contribution is -0.142. The van der Waals surface area contributed by atoms with Crippen LogP contribution in [0.3, 0.4) is 0 Å². The molecule has 0 saturated heterocycles. The maximum atomic E-state index is 13.2. The van der Waals surface area contributed by atoms with Gasteiger partial charge in [0, 0.05) is 20.1 Å². The quantitative estimate of drug-likeness (QED) is 0.748. The molecule has 1 aromatic carbocycles. The molecule has 0 fully saturated rings. The van der Waals surface area contributed by atoms with Crippen LogP contribution in [0.2, 0.25) is 0 Å². The summed E-state index contributed by atoms with van der Waals surface area (Å²) in [7, 11) is 1.53. The molecule has 0 spiro atoms. The Morgan fingerprint density at radius 2 is 2.15 bits per heavy atom. The number of aliphatic carboxylic acids is 1. The van der Waals surface area contributed by atoms with Crippen LogP contribution in [0, 0.1) is 12.7 Å². The first-order chi connectivity index (χ1) is 9.45. The zero-order valence-corrected chi connectivity index (χ0v) is 11.5. The summed E-state index contributed by atoms with van der Waals surface area (Å²) in [6, 6.07) is 2.79. The van der Waals surface area contributed by atoms with E-state index < -0.39 is 17.8 Å². The molecule has 0 bridgehead atoms. The molecule has 1 atom stereocenters. The van der Waals surface area contributed by atoms with E-state index in [4.69, 9.17) is 4.74 Å². The molecule has 1 aromatic rings. The van der Waals surface area contributed by atoms with Gasteiger partial charge in [0.05, 0.1) is 0 Å². The summed E-state index contributed by atoms with van der Waals surface area (Å²) in [4.78, 5) is 22.9. The molecule has 5 nitrogen and oxygen atoms in total. The number of hydrogen-bond acceptors (Lipinski definition) is 3. The first-order valence-corrected chi connectivity index (χ1v) is 6.23. The van der Waals surface area contributed by atoms with Crippen LogP contribution in [-0.4, -0.2) is 30.7 Å². The molecule has 0 aliphatic carbocycles. The minimum Gasteiger partial charge on any atom is -0.479 e. The molecule has 0 heterocycles. The minimum atomic E-state index is -1.18. The van der Waals surface area contributed by atoms with E-state index in [2.05, 4.69) is 5.32 Å². The fraction of sp³-hybridized carbons (Fsp3) is 0.429. The Balaban J connectivity index is 2.76. The maximum Gasteiger partial charge on any atom is 0.330 e. The highest BCUT2D eigenvalue weighted by Gasteiger charge is 2.22. The standard InChI is InChI=1S/C14H18FNO4/c1-9-8-10(5-6-11(9)15)13(14(18)19)16-12(17)4-3-7-20-2/h5-6,8,13H,3-4,7H2,1-2H3,(H,16,17)(H,18,19). The summed E-state index contributed by atoms with van der Waals surface area (Å²) in [6.07, 6.45) is 0.689. The second-order valence-corrected chi connectivity index (χ2v) is 4.44. The van der Waals surface area contributed by atoms with Crippen molar-refractivity contribution in [2.45, 2.75) is 25.8 Å². The number of carbonyl (C=O) groups is 2. The van der Waals surface area contributed by atoms with Crippen LogP contribution < -0.4 is 5.32 Å². The Kier molecular flexibility index (Phi) is 6.11. The lowest BCUT2D eigenvalue weighted by Gasteiger charge is -2.15. The maximum absolute atomic E-state index is 13.2. The van der Waals surface area contributed by atoms with Crippen molar-refractivity contribution in [2.24, 2.45) is 0 Å². The Morgan fingerprint density at radius 3 is 2.70 bits per heavy atom. The van der Waals surface area contributed by atoms with E-state index in [1.165, 1.54) is 32.2 Å². The molecule has 1 unspecified atom stereocenters. The third-order valence-corrected chi connectivity index (χ3v) is 2.82. The van der Waals surface area contributed by atoms with Gasteiger partial charge in [0.15, 0.2) is 6.04 Å². The van der Waals surface area contributed by atoms with Crippen molar-refractivity contribution in [3.8, 4) is 0 Å². The fourth-order valence-electron chi connectivity index (χ4n) is 1.75. The second kappa shape index (κ2) is 7.59. The lowest BCUT2D eigenvalue weighted by Crippen LogP contribution is -2.33. The van der Waals surface area contributed by atoms with Crippen molar-refractivity contribution < 1.29 is 23.8 Å². The summed E-state index contributed by atoms with van der Waals surface area (Å²) >= 11 is 0. The molecule has 1 rings (SSSR count). The van der Waals surface area contributed by atoms with Crippen molar-refractivity contribution in [1.29, 1.82) is 0 Å². The smallest absolute Gasteiger partial charge is 0.330 e. The first kappa shape index (κ1) is 16.1. The van der Waals surface area contributed by atoms with Crippen molar-refractivity contribution in [3.05, 3.63) is 35.1 Å². The topological polar surface area (TPSA) is 75.6 Å². The third-order valence-electron chi connectivity index (χ3n) is 2.82. The number of aryl methyl sites for hydroxylation is 1. The molecule has 6 heteroatoms. The van der Waals surface area contributed by atoms with Gasteiger partial charge in [-0.15, -0.1) is 0 Å². The lowest BCUT2D eigenvalue weighted by atomic mass is 10.0. The van der Waals surface area contributed by atoms with Gasteiger partial charge in [0.1, 0.15) is 5.82 Å². The van der Waals surface area contributed by atoms with E-state index in [9.17, 15) is 19.1 Å². The average molecular weight is 283 g/mol. The Hall–Kier alpha value is -1.95. The van der Waals surface area contributed by atoms with Crippen molar-refractivity contribution in [2.75, 3.05) is 13.7 Å². The van der Waals surface area contributed by atoms with Gasteiger partial charge < -0.3 is 15.2 Å². The number of rotatable bonds is 7. The van der Waals surface area contributed by atoms with Crippen molar-refractivity contribution >= 4 is 11.9 Å². The zero-order chi connectivity index (χ0) is 15.1. The van der Waals surface area contributed by atoms with Gasteiger partial charge in [0.25, 0.3) is 0 Å². The van der Waals surface area contributed by atoms with Crippen molar-refractivity contribution in [1.82, 2.24) is 5.32 Å². The molecule has 0 aromatic heterocycles. The number of carboxylic acid groups (broad SMARTS) is 1. The number of benzene rings is 1. The second-order valence-electron chi connectivity index (χ2n) is 4.44. The third kappa shape index (κ3) is 4.62. The zero-order valence-electron chi connectivity index (χ0n) is 11.5. The van der Waals surface area contributed by atoms with Gasteiger partial charge in [-0.1, -0.05) is 12.1 Å². The minimum absolute atomic E-state index is 0.178. The molecule has 0 radical (unpaired) electrons. The van der Waals surface area contributed by atoms with Crippen LogP contribution in [0.1, 0.15) is 30.0 Å². The Bertz CT molecular complexity index is 490. The van der Waals surface area contributed by atoms with Crippen LogP contribution in [0.25, 0.3) is 0 Å². The molecule has 0 aliphatic rings. The van der Waals surface area contributed by atoms with Gasteiger partial charge in [-0.25, -0.2) is 9.18 Å². The van der Waals surface area contributed by atoms with E-state index in [0.717, 1.165) is 0 Å².